The largest absolute Gasteiger partial charge is 0.372 e. The molecule has 3 aromatic rings. The number of aryl methyl sites for hydroxylation is 3. The van der Waals surface area contributed by atoms with E-state index in [0.717, 1.165) is 27.3 Å². The van der Waals surface area contributed by atoms with Gasteiger partial charge in [0.25, 0.3) is 0 Å². The van der Waals surface area contributed by atoms with E-state index >= 15 is 0 Å². The molecule has 4 nitrogen and oxygen atoms in total. The Kier molecular flexibility index (Phi) is 3.14. The Bertz CT molecular complexity index is 792. The van der Waals surface area contributed by atoms with Crippen LogP contribution in [-0.2, 0) is 0 Å². The fourth-order valence-electron chi connectivity index (χ4n) is 2.20. The van der Waals surface area contributed by atoms with Crippen molar-refractivity contribution in [3.63, 3.8) is 0 Å². The minimum atomic E-state index is 0.673. The summed E-state index contributed by atoms with van der Waals surface area (Å²) in [5.74, 6) is 1.54. The number of hydrogen-bond acceptors (Lipinski definition) is 5. The number of nitrogens with zero attached hydrogens (tertiary/aromatic N) is 3. The van der Waals surface area contributed by atoms with Crippen molar-refractivity contribution in [3.05, 3.63) is 34.3 Å². The van der Waals surface area contributed by atoms with Gasteiger partial charge in [-0.1, -0.05) is 0 Å². The molecule has 0 aromatic carbocycles. The summed E-state index contributed by atoms with van der Waals surface area (Å²) in [4.78, 5) is 16.0. The molecule has 0 amide bonds. The van der Waals surface area contributed by atoms with E-state index in [2.05, 4.69) is 34.1 Å². The highest BCUT2D eigenvalue weighted by Crippen LogP contribution is 2.34. The van der Waals surface area contributed by atoms with Gasteiger partial charge in [-0.3, -0.25) is 4.98 Å². The Balaban J connectivity index is 2.28. The first-order valence-electron chi connectivity index (χ1n) is 6.48. The molecule has 0 radical (unpaired) electrons. The van der Waals surface area contributed by atoms with E-state index in [4.69, 9.17) is 0 Å². The molecule has 3 rings (SSSR count). The van der Waals surface area contributed by atoms with E-state index in [1.807, 2.05) is 26.1 Å². The molecule has 3 aromatic heterocycles. The Labute approximate surface area is 121 Å². The first kappa shape index (κ1) is 13.0. The van der Waals surface area contributed by atoms with Crippen molar-refractivity contribution in [2.45, 2.75) is 20.8 Å². The molecule has 0 atom stereocenters. The molecule has 0 aliphatic carbocycles. The average molecular weight is 284 g/mol. The monoisotopic (exact) mass is 284 g/mol. The lowest BCUT2D eigenvalue weighted by Gasteiger charge is -2.06. The van der Waals surface area contributed by atoms with E-state index in [0.29, 0.717) is 5.82 Å². The highest BCUT2D eigenvalue weighted by atomic mass is 32.1. The van der Waals surface area contributed by atoms with Crippen molar-refractivity contribution in [1.29, 1.82) is 0 Å². The molecule has 1 N–H and O–H groups in total. The van der Waals surface area contributed by atoms with Crippen LogP contribution in [0.15, 0.2) is 18.3 Å². The maximum Gasteiger partial charge on any atom is 0.181 e. The van der Waals surface area contributed by atoms with Crippen LogP contribution in [0.1, 0.15) is 16.0 Å². The standard InChI is InChI=1S/C15H16N4S/c1-8-5-6-17-11(7-8)13-18-14(16-4)12-9(2)10(3)20-15(12)19-13/h5-7H,1-4H3,(H,16,18,19). The number of rotatable bonds is 2. The van der Waals surface area contributed by atoms with Gasteiger partial charge >= 0.3 is 0 Å². The van der Waals surface area contributed by atoms with Gasteiger partial charge in [0.15, 0.2) is 5.82 Å². The predicted molar refractivity (Wildman–Crippen MR) is 84.4 cm³/mol. The van der Waals surface area contributed by atoms with E-state index < -0.39 is 0 Å². The van der Waals surface area contributed by atoms with Crippen LogP contribution in [0.4, 0.5) is 5.82 Å². The van der Waals surface area contributed by atoms with Crippen LogP contribution in [0.2, 0.25) is 0 Å². The molecule has 5 heteroatoms. The Morgan fingerprint density at radius 2 is 1.95 bits per heavy atom. The van der Waals surface area contributed by atoms with Gasteiger partial charge < -0.3 is 5.32 Å². The maximum atomic E-state index is 4.68. The quantitative estimate of drug-likeness (QED) is 0.779. The van der Waals surface area contributed by atoms with Crippen molar-refractivity contribution in [1.82, 2.24) is 15.0 Å². The fraction of sp³-hybridized carbons (Fsp3) is 0.267. The highest BCUT2D eigenvalue weighted by molar-refractivity contribution is 7.18. The van der Waals surface area contributed by atoms with Gasteiger partial charge in [0.1, 0.15) is 16.3 Å². The Morgan fingerprint density at radius 1 is 1.15 bits per heavy atom. The summed E-state index contributed by atoms with van der Waals surface area (Å²) < 4.78 is 0. The summed E-state index contributed by atoms with van der Waals surface area (Å²) in [7, 11) is 1.89. The second-order valence-electron chi connectivity index (χ2n) is 4.83. The Hall–Kier alpha value is -2.01. The molecule has 0 saturated carbocycles. The first-order valence-corrected chi connectivity index (χ1v) is 7.30. The number of anilines is 1. The van der Waals surface area contributed by atoms with Gasteiger partial charge in [0.2, 0.25) is 0 Å². The summed E-state index contributed by atoms with van der Waals surface area (Å²) in [5, 5.41) is 4.29. The maximum absolute atomic E-state index is 4.68. The van der Waals surface area contributed by atoms with Crippen LogP contribution in [0.3, 0.4) is 0 Å². The van der Waals surface area contributed by atoms with Gasteiger partial charge in [-0.2, -0.15) is 0 Å². The van der Waals surface area contributed by atoms with Crippen LogP contribution >= 0.6 is 11.3 Å². The van der Waals surface area contributed by atoms with E-state index in [9.17, 15) is 0 Å². The van der Waals surface area contributed by atoms with Crippen molar-refractivity contribution < 1.29 is 0 Å². The molecule has 20 heavy (non-hydrogen) atoms. The minimum absolute atomic E-state index is 0.673. The molecular weight excluding hydrogens is 268 g/mol. The van der Waals surface area contributed by atoms with Gasteiger partial charge in [-0.15, -0.1) is 11.3 Å². The smallest absolute Gasteiger partial charge is 0.181 e. The first-order chi connectivity index (χ1) is 9.60. The van der Waals surface area contributed by atoms with Crippen molar-refractivity contribution >= 4 is 27.4 Å². The second kappa shape index (κ2) is 4.83. The van der Waals surface area contributed by atoms with Gasteiger partial charge in [0, 0.05) is 18.1 Å². The molecule has 0 aliphatic rings. The fourth-order valence-corrected chi connectivity index (χ4v) is 3.23. The highest BCUT2D eigenvalue weighted by Gasteiger charge is 2.15. The van der Waals surface area contributed by atoms with Crippen LogP contribution in [0, 0.1) is 20.8 Å². The van der Waals surface area contributed by atoms with Crippen LogP contribution in [-0.4, -0.2) is 22.0 Å². The number of hydrogen-bond donors (Lipinski definition) is 1. The van der Waals surface area contributed by atoms with Gasteiger partial charge in [-0.05, 0) is 44.0 Å². The number of aromatic nitrogens is 3. The third-order valence-electron chi connectivity index (χ3n) is 3.41. The third kappa shape index (κ3) is 2.04. The predicted octanol–water partition coefficient (Wildman–Crippen LogP) is 3.72. The Morgan fingerprint density at radius 3 is 2.65 bits per heavy atom. The van der Waals surface area contributed by atoms with Gasteiger partial charge in [0.05, 0.1) is 5.39 Å². The number of thiophene rings is 1. The van der Waals surface area contributed by atoms with E-state index in [1.165, 1.54) is 10.4 Å². The molecule has 0 bridgehead atoms. The summed E-state index contributed by atoms with van der Waals surface area (Å²) in [6.07, 6.45) is 1.79. The number of fused-ring (bicyclic) bond motifs is 1. The van der Waals surface area contributed by atoms with Crippen LogP contribution in [0.25, 0.3) is 21.7 Å². The average Bonchev–Trinajstić information content (AvgIpc) is 2.73. The van der Waals surface area contributed by atoms with Crippen molar-refractivity contribution in [2.24, 2.45) is 0 Å². The number of pyridine rings is 1. The third-order valence-corrected chi connectivity index (χ3v) is 4.51. The molecule has 102 valence electrons. The van der Waals surface area contributed by atoms with Crippen molar-refractivity contribution in [2.75, 3.05) is 12.4 Å². The molecule has 3 heterocycles. The summed E-state index contributed by atoms with van der Waals surface area (Å²) in [6.45, 7) is 6.27. The van der Waals surface area contributed by atoms with Crippen LogP contribution in [0.5, 0.6) is 0 Å². The minimum Gasteiger partial charge on any atom is -0.372 e. The molecule has 0 aliphatic heterocycles. The summed E-state index contributed by atoms with van der Waals surface area (Å²) in [6, 6.07) is 3.98. The van der Waals surface area contributed by atoms with Crippen molar-refractivity contribution in [3.8, 4) is 11.5 Å². The molecule has 0 unspecified atom stereocenters. The lowest BCUT2D eigenvalue weighted by atomic mass is 10.2. The normalized spacial score (nSPS) is 11.0. The SMILES string of the molecule is CNc1nc(-c2cc(C)ccn2)nc2sc(C)c(C)c12. The summed E-state index contributed by atoms with van der Waals surface area (Å²) in [5.41, 5.74) is 3.22. The van der Waals surface area contributed by atoms with Crippen LogP contribution < -0.4 is 5.32 Å². The van der Waals surface area contributed by atoms with E-state index in [1.54, 1.807) is 17.5 Å². The molecule has 0 spiro atoms. The topological polar surface area (TPSA) is 50.7 Å². The lowest BCUT2D eigenvalue weighted by Crippen LogP contribution is -1.99. The molecular formula is C15H16N4S. The molecule has 0 saturated heterocycles. The number of nitrogens with one attached hydrogen (secondary N) is 1. The zero-order chi connectivity index (χ0) is 14.3. The van der Waals surface area contributed by atoms with E-state index in [-0.39, 0.29) is 0 Å². The second-order valence-corrected chi connectivity index (χ2v) is 6.03. The zero-order valence-corrected chi connectivity index (χ0v) is 12.8. The van der Waals surface area contributed by atoms with Gasteiger partial charge in [-0.25, -0.2) is 9.97 Å². The molecule has 0 fully saturated rings. The zero-order valence-electron chi connectivity index (χ0n) is 12.0. The summed E-state index contributed by atoms with van der Waals surface area (Å²) >= 11 is 1.70. The lowest BCUT2D eigenvalue weighted by molar-refractivity contribution is 1.17.